The maximum absolute atomic E-state index is 13.6. The fourth-order valence-corrected chi connectivity index (χ4v) is 2.26. The lowest BCUT2D eigenvalue weighted by atomic mass is 10.0. The topological polar surface area (TPSA) is 12.0 Å². The van der Waals surface area contributed by atoms with E-state index < -0.39 is 0 Å². The summed E-state index contributed by atoms with van der Waals surface area (Å²) in [4.78, 5) is 0. The number of nitrogens with one attached hydrogen (secondary N) is 1. The molecule has 0 spiro atoms. The summed E-state index contributed by atoms with van der Waals surface area (Å²) in [7, 11) is 1.99. The van der Waals surface area contributed by atoms with E-state index in [0.29, 0.717) is 6.04 Å². The quantitative estimate of drug-likeness (QED) is 0.772. The second-order valence-electron chi connectivity index (χ2n) is 4.38. The highest BCUT2D eigenvalue weighted by Crippen LogP contribution is 2.19. The molecule has 0 heterocycles. The molecule has 1 atom stereocenters. The maximum Gasteiger partial charge on any atom is 0.144 e. The molecule has 0 aliphatic rings. The number of aryl methyl sites for hydroxylation is 1. The second-order valence-corrected chi connectivity index (χ2v) is 4.79. The molecule has 1 N–H and O–H groups in total. The van der Waals surface area contributed by atoms with E-state index in [1.807, 2.05) is 19.2 Å². The maximum atomic E-state index is 13.6. The van der Waals surface area contributed by atoms with Crippen molar-refractivity contribution in [3.05, 3.63) is 34.6 Å². The molecule has 1 aromatic carbocycles. The van der Waals surface area contributed by atoms with E-state index in [0.717, 1.165) is 24.8 Å². The van der Waals surface area contributed by atoms with Crippen molar-refractivity contribution < 1.29 is 4.39 Å². The van der Waals surface area contributed by atoms with Gasteiger partial charge in [0.15, 0.2) is 0 Å². The Kier molecular flexibility index (Phi) is 6.53. The summed E-state index contributed by atoms with van der Waals surface area (Å²) in [5.41, 5.74) is 0.726. The van der Waals surface area contributed by atoms with Gasteiger partial charge in [-0.25, -0.2) is 4.39 Å². The van der Waals surface area contributed by atoms with Crippen LogP contribution in [0.3, 0.4) is 0 Å². The molecule has 0 aliphatic carbocycles. The van der Waals surface area contributed by atoms with Gasteiger partial charge in [0.2, 0.25) is 0 Å². The van der Waals surface area contributed by atoms with E-state index in [9.17, 15) is 4.39 Å². The molecule has 0 amide bonds. The van der Waals surface area contributed by atoms with E-state index >= 15 is 0 Å². The van der Waals surface area contributed by atoms with Gasteiger partial charge in [-0.05, 0) is 44.4 Å². The summed E-state index contributed by atoms with van der Waals surface area (Å²) in [5.74, 6) is -0.259. The monoisotopic (exact) mass is 257 g/mol. The largest absolute Gasteiger partial charge is 0.317 e. The Balaban J connectivity index is 2.42. The van der Waals surface area contributed by atoms with Crippen molar-refractivity contribution in [1.29, 1.82) is 0 Å². The minimum absolute atomic E-state index is 0.223. The van der Waals surface area contributed by atoms with Gasteiger partial charge in [0.1, 0.15) is 5.82 Å². The first-order chi connectivity index (χ1) is 8.19. The zero-order valence-electron chi connectivity index (χ0n) is 10.6. The van der Waals surface area contributed by atoms with Crippen LogP contribution in [0.5, 0.6) is 0 Å². The average Bonchev–Trinajstić information content (AvgIpc) is 2.33. The van der Waals surface area contributed by atoms with Crippen molar-refractivity contribution in [3.63, 3.8) is 0 Å². The van der Waals surface area contributed by atoms with Crippen LogP contribution in [0.15, 0.2) is 18.2 Å². The number of hydrogen-bond donors (Lipinski definition) is 1. The highest BCUT2D eigenvalue weighted by atomic mass is 35.5. The molecule has 1 rings (SSSR count). The molecule has 0 aliphatic heterocycles. The molecule has 1 aromatic rings. The Hall–Kier alpha value is -0.600. The fourth-order valence-electron chi connectivity index (χ4n) is 2.06. The first-order valence-corrected chi connectivity index (χ1v) is 6.67. The molecule has 3 heteroatoms. The first-order valence-electron chi connectivity index (χ1n) is 6.29. The van der Waals surface area contributed by atoms with Crippen molar-refractivity contribution in [2.75, 3.05) is 7.05 Å². The van der Waals surface area contributed by atoms with Crippen LogP contribution in [-0.4, -0.2) is 13.1 Å². The highest BCUT2D eigenvalue weighted by molar-refractivity contribution is 6.30. The van der Waals surface area contributed by atoms with Crippen LogP contribution in [-0.2, 0) is 6.42 Å². The lowest BCUT2D eigenvalue weighted by Gasteiger charge is -2.14. The fraction of sp³-hybridized carbons (Fsp3) is 0.571. The molecule has 1 nitrogen and oxygen atoms in total. The van der Waals surface area contributed by atoms with Gasteiger partial charge < -0.3 is 5.32 Å². The Morgan fingerprint density at radius 2 is 2.12 bits per heavy atom. The Labute approximate surface area is 108 Å². The number of halogens is 2. The van der Waals surface area contributed by atoms with Crippen LogP contribution < -0.4 is 5.32 Å². The molecule has 0 bridgehead atoms. The van der Waals surface area contributed by atoms with Crippen LogP contribution in [0.2, 0.25) is 5.02 Å². The van der Waals surface area contributed by atoms with Crippen LogP contribution in [0.25, 0.3) is 0 Å². The van der Waals surface area contributed by atoms with Crippen LogP contribution in [0.4, 0.5) is 4.39 Å². The van der Waals surface area contributed by atoms with Crippen molar-refractivity contribution in [1.82, 2.24) is 5.32 Å². The Morgan fingerprint density at radius 3 is 2.76 bits per heavy atom. The first kappa shape index (κ1) is 14.5. The molecule has 17 heavy (non-hydrogen) atoms. The number of rotatable bonds is 7. The van der Waals surface area contributed by atoms with Crippen molar-refractivity contribution in [2.45, 2.75) is 45.1 Å². The van der Waals surface area contributed by atoms with E-state index in [2.05, 4.69) is 12.2 Å². The Bertz CT molecular complexity index is 341. The van der Waals surface area contributed by atoms with Crippen molar-refractivity contribution >= 4 is 11.6 Å². The summed E-state index contributed by atoms with van der Waals surface area (Å²) in [6, 6.07) is 5.76. The molecular weight excluding hydrogens is 237 g/mol. The summed E-state index contributed by atoms with van der Waals surface area (Å²) in [5, 5.41) is 3.52. The number of hydrogen-bond acceptors (Lipinski definition) is 1. The Morgan fingerprint density at radius 1 is 1.35 bits per heavy atom. The van der Waals surface area contributed by atoms with Gasteiger partial charge in [-0.2, -0.15) is 0 Å². The summed E-state index contributed by atoms with van der Waals surface area (Å²) in [6.45, 7) is 2.18. The van der Waals surface area contributed by atoms with Gasteiger partial charge in [-0.15, -0.1) is 0 Å². The van der Waals surface area contributed by atoms with Gasteiger partial charge in [-0.3, -0.25) is 0 Å². The van der Waals surface area contributed by atoms with E-state index in [1.54, 1.807) is 6.07 Å². The van der Waals surface area contributed by atoms with Crippen LogP contribution in [0.1, 0.15) is 38.2 Å². The molecule has 0 radical (unpaired) electrons. The lowest BCUT2D eigenvalue weighted by Crippen LogP contribution is -2.24. The minimum atomic E-state index is -0.259. The molecule has 0 aromatic heterocycles. The van der Waals surface area contributed by atoms with Crippen molar-refractivity contribution in [3.8, 4) is 0 Å². The number of benzene rings is 1. The molecule has 96 valence electrons. The van der Waals surface area contributed by atoms with Gasteiger partial charge >= 0.3 is 0 Å². The van der Waals surface area contributed by atoms with Gasteiger partial charge in [0.25, 0.3) is 0 Å². The van der Waals surface area contributed by atoms with Crippen molar-refractivity contribution in [2.24, 2.45) is 0 Å². The summed E-state index contributed by atoms with van der Waals surface area (Å²) >= 11 is 5.74. The third-order valence-electron chi connectivity index (χ3n) is 3.08. The van der Waals surface area contributed by atoms with E-state index in [4.69, 9.17) is 11.6 Å². The highest BCUT2D eigenvalue weighted by Gasteiger charge is 2.08. The average molecular weight is 258 g/mol. The van der Waals surface area contributed by atoms with Gasteiger partial charge in [0, 0.05) is 6.04 Å². The normalized spacial score (nSPS) is 12.7. The summed E-state index contributed by atoms with van der Waals surface area (Å²) < 4.78 is 13.6. The SMILES string of the molecule is CCCC(CCCc1cccc(Cl)c1F)NC. The standard InChI is InChI=1S/C14H21ClFN/c1-3-6-12(17-2)9-4-7-11-8-5-10-13(15)14(11)16/h5,8,10,12,17H,3-4,6-7,9H2,1-2H3. The van der Waals surface area contributed by atoms with E-state index in [1.165, 1.54) is 12.8 Å². The minimum Gasteiger partial charge on any atom is -0.317 e. The predicted octanol–water partition coefficient (Wildman–Crippen LogP) is 4.19. The molecule has 1 unspecified atom stereocenters. The van der Waals surface area contributed by atoms with Crippen LogP contribution >= 0.6 is 11.6 Å². The lowest BCUT2D eigenvalue weighted by molar-refractivity contribution is 0.467. The molecule has 0 fully saturated rings. The third kappa shape index (κ3) is 4.64. The smallest absolute Gasteiger partial charge is 0.144 e. The zero-order valence-corrected chi connectivity index (χ0v) is 11.4. The molecular formula is C14H21ClFN. The van der Waals surface area contributed by atoms with Gasteiger partial charge in [0.05, 0.1) is 5.02 Å². The van der Waals surface area contributed by atoms with Crippen LogP contribution in [0, 0.1) is 5.82 Å². The van der Waals surface area contributed by atoms with E-state index in [-0.39, 0.29) is 10.8 Å². The third-order valence-corrected chi connectivity index (χ3v) is 3.37. The van der Waals surface area contributed by atoms with Gasteiger partial charge in [-0.1, -0.05) is 37.1 Å². The predicted molar refractivity (Wildman–Crippen MR) is 72.1 cm³/mol. The second kappa shape index (κ2) is 7.67. The molecule has 0 saturated carbocycles. The summed E-state index contributed by atoms with van der Waals surface area (Å²) in [6.07, 6.45) is 5.18. The molecule has 0 saturated heterocycles. The zero-order chi connectivity index (χ0) is 12.7.